The van der Waals surface area contributed by atoms with Crippen molar-refractivity contribution in [1.29, 1.82) is 0 Å². The molecule has 0 bridgehead atoms. The first-order valence-electron chi connectivity index (χ1n) is 6.07. The molecule has 0 spiro atoms. The molecule has 1 atom stereocenters. The maximum atomic E-state index is 11.8. The molecule has 1 unspecified atom stereocenters. The molecule has 0 heterocycles. The molecule has 0 aromatic heterocycles. The lowest BCUT2D eigenvalue weighted by Crippen LogP contribution is -2.19. The molecule has 0 aliphatic heterocycles. The fraction of sp³-hybridized carbons (Fsp3) is 0.429. The molecule has 98 valence electrons. The van der Waals surface area contributed by atoms with Gasteiger partial charge >= 0.3 is 5.97 Å². The van der Waals surface area contributed by atoms with Crippen LogP contribution >= 0.6 is 11.8 Å². The predicted octanol–water partition coefficient (Wildman–Crippen LogP) is 3.29. The van der Waals surface area contributed by atoms with Crippen LogP contribution in [0.5, 0.6) is 0 Å². The van der Waals surface area contributed by atoms with E-state index in [2.05, 4.69) is 0 Å². The van der Waals surface area contributed by atoms with E-state index in [0.29, 0.717) is 12.2 Å². The normalized spacial score (nSPS) is 11.9. The zero-order valence-electron chi connectivity index (χ0n) is 10.7. The van der Waals surface area contributed by atoms with Gasteiger partial charge in [-0.15, -0.1) is 0 Å². The molecule has 0 saturated heterocycles. The Hall–Kier alpha value is -1.29. The standard InChI is InChI=1S/C14H18O3S/c1-3-4-10-17-13(15)11(2)18-14(16)12-8-6-5-7-9-12/h5-9,11H,3-4,10H2,1-2H3. The Morgan fingerprint density at radius 2 is 1.94 bits per heavy atom. The van der Waals surface area contributed by atoms with Crippen molar-refractivity contribution in [1.82, 2.24) is 0 Å². The average molecular weight is 266 g/mol. The second kappa shape index (κ2) is 7.93. The average Bonchev–Trinajstić information content (AvgIpc) is 2.39. The van der Waals surface area contributed by atoms with Gasteiger partial charge in [0.15, 0.2) is 0 Å². The van der Waals surface area contributed by atoms with Crippen molar-refractivity contribution in [2.24, 2.45) is 0 Å². The molecule has 18 heavy (non-hydrogen) atoms. The number of hydrogen-bond acceptors (Lipinski definition) is 4. The first-order chi connectivity index (χ1) is 8.65. The lowest BCUT2D eigenvalue weighted by molar-refractivity contribution is -0.142. The maximum Gasteiger partial charge on any atom is 0.319 e. The molecule has 0 aliphatic rings. The van der Waals surface area contributed by atoms with Gasteiger partial charge in [0.05, 0.1) is 6.61 Å². The molecule has 1 rings (SSSR count). The summed E-state index contributed by atoms with van der Waals surface area (Å²) in [6.45, 7) is 4.16. The molecule has 1 aromatic rings. The first-order valence-corrected chi connectivity index (χ1v) is 6.95. The summed E-state index contributed by atoms with van der Waals surface area (Å²) >= 11 is 1.01. The van der Waals surface area contributed by atoms with Crippen LogP contribution in [-0.4, -0.2) is 22.9 Å². The highest BCUT2D eigenvalue weighted by Gasteiger charge is 2.19. The van der Waals surface area contributed by atoms with Crippen molar-refractivity contribution in [2.75, 3.05) is 6.61 Å². The third kappa shape index (κ3) is 4.92. The zero-order valence-corrected chi connectivity index (χ0v) is 11.5. The minimum atomic E-state index is -0.463. The summed E-state index contributed by atoms with van der Waals surface area (Å²) in [6, 6.07) is 8.94. The van der Waals surface area contributed by atoms with Crippen LogP contribution in [0.15, 0.2) is 30.3 Å². The molecular formula is C14H18O3S. The second-order valence-corrected chi connectivity index (χ2v) is 5.25. The van der Waals surface area contributed by atoms with Crippen LogP contribution in [0, 0.1) is 0 Å². The van der Waals surface area contributed by atoms with Crippen LogP contribution < -0.4 is 0 Å². The van der Waals surface area contributed by atoms with E-state index in [9.17, 15) is 9.59 Å². The zero-order chi connectivity index (χ0) is 13.4. The molecule has 3 nitrogen and oxygen atoms in total. The van der Waals surface area contributed by atoms with Gasteiger partial charge in [0.25, 0.3) is 0 Å². The fourth-order valence-corrected chi connectivity index (χ4v) is 2.04. The van der Waals surface area contributed by atoms with Crippen LogP contribution in [-0.2, 0) is 9.53 Å². The van der Waals surface area contributed by atoms with Gasteiger partial charge in [0.1, 0.15) is 5.25 Å². The van der Waals surface area contributed by atoms with Gasteiger partial charge in [-0.1, -0.05) is 55.4 Å². The quantitative estimate of drug-likeness (QED) is 0.585. The minimum Gasteiger partial charge on any atom is -0.465 e. The molecule has 0 amide bonds. The number of ether oxygens (including phenoxy) is 1. The number of hydrogen-bond donors (Lipinski definition) is 0. The van der Waals surface area contributed by atoms with Crippen molar-refractivity contribution >= 4 is 22.8 Å². The molecule has 0 radical (unpaired) electrons. The van der Waals surface area contributed by atoms with Gasteiger partial charge in [-0.3, -0.25) is 9.59 Å². The Morgan fingerprint density at radius 1 is 1.28 bits per heavy atom. The van der Waals surface area contributed by atoms with E-state index in [0.717, 1.165) is 24.6 Å². The Morgan fingerprint density at radius 3 is 2.56 bits per heavy atom. The SMILES string of the molecule is CCCCOC(=O)C(C)SC(=O)c1ccccc1. The van der Waals surface area contributed by atoms with Crippen molar-refractivity contribution in [3.8, 4) is 0 Å². The van der Waals surface area contributed by atoms with Crippen LogP contribution in [0.1, 0.15) is 37.0 Å². The van der Waals surface area contributed by atoms with E-state index in [1.165, 1.54) is 0 Å². The van der Waals surface area contributed by atoms with Crippen molar-refractivity contribution in [2.45, 2.75) is 31.9 Å². The number of carbonyl (C=O) groups excluding carboxylic acids is 2. The van der Waals surface area contributed by atoms with Crippen LogP contribution in [0.2, 0.25) is 0 Å². The Balaban J connectivity index is 2.42. The molecule has 1 aromatic carbocycles. The molecular weight excluding hydrogens is 248 g/mol. The van der Waals surface area contributed by atoms with Gasteiger partial charge in [0.2, 0.25) is 5.12 Å². The second-order valence-electron chi connectivity index (χ2n) is 3.93. The molecule has 4 heteroatoms. The number of unbranched alkanes of at least 4 members (excludes halogenated alkanes) is 1. The molecule has 0 saturated carbocycles. The summed E-state index contributed by atoms with van der Waals surface area (Å²) in [5.41, 5.74) is 0.607. The monoisotopic (exact) mass is 266 g/mol. The summed E-state index contributed by atoms with van der Waals surface area (Å²) in [7, 11) is 0. The summed E-state index contributed by atoms with van der Waals surface area (Å²) in [4.78, 5) is 23.4. The number of benzene rings is 1. The third-order valence-electron chi connectivity index (χ3n) is 2.37. The highest BCUT2D eigenvalue weighted by Crippen LogP contribution is 2.18. The summed E-state index contributed by atoms with van der Waals surface area (Å²) in [6.07, 6.45) is 1.84. The molecule has 0 N–H and O–H groups in total. The van der Waals surface area contributed by atoms with Crippen LogP contribution in [0.4, 0.5) is 0 Å². The van der Waals surface area contributed by atoms with Gasteiger partial charge in [-0.05, 0) is 13.3 Å². The third-order valence-corrected chi connectivity index (χ3v) is 3.36. The topological polar surface area (TPSA) is 43.4 Å². The number of rotatable bonds is 6. The highest BCUT2D eigenvalue weighted by molar-refractivity contribution is 8.15. The van der Waals surface area contributed by atoms with E-state index in [-0.39, 0.29) is 11.1 Å². The Bertz CT molecular complexity index is 389. The van der Waals surface area contributed by atoms with Gasteiger partial charge in [-0.2, -0.15) is 0 Å². The summed E-state index contributed by atoms with van der Waals surface area (Å²) < 4.78 is 5.07. The molecule has 0 fully saturated rings. The highest BCUT2D eigenvalue weighted by atomic mass is 32.2. The maximum absolute atomic E-state index is 11.8. The van der Waals surface area contributed by atoms with Gasteiger partial charge < -0.3 is 4.74 Å². The largest absolute Gasteiger partial charge is 0.465 e. The Kier molecular flexibility index (Phi) is 6.50. The summed E-state index contributed by atoms with van der Waals surface area (Å²) in [5.74, 6) is -0.322. The number of thioether (sulfide) groups is 1. The van der Waals surface area contributed by atoms with Crippen LogP contribution in [0.25, 0.3) is 0 Å². The van der Waals surface area contributed by atoms with E-state index < -0.39 is 5.25 Å². The molecule has 0 aliphatic carbocycles. The van der Waals surface area contributed by atoms with E-state index in [1.54, 1.807) is 31.2 Å². The van der Waals surface area contributed by atoms with Crippen molar-refractivity contribution < 1.29 is 14.3 Å². The number of carbonyl (C=O) groups is 2. The smallest absolute Gasteiger partial charge is 0.319 e. The predicted molar refractivity (Wildman–Crippen MR) is 73.7 cm³/mol. The lowest BCUT2D eigenvalue weighted by atomic mass is 10.2. The lowest BCUT2D eigenvalue weighted by Gasteiger charge is -2.10. The van der Waals surface area contributed by atoms with Crippen LogP contribution in [0.3, 0.4) is 0 Å². The van der Waals surface area contributed by atoms with Crippen molar-refractivity contribution in [3.05, 3.63) is 35.9 Å². The first kappa shape index (κ1) is 14.8. The van der Waals surface area contributed by atoms with E-state index >= 15 is 0 Å². The van der Waals surface area contributed by atoms with E-state index in [4.69, 9.17) is 4.74 Å². The minimum absolute atomic E-state index is 0.101. The fourth-order valence-electron chi connectivity index (χ4n) is 1.29. The van der Waals surface area contributed by atoms with E-state index in [1.807, 2.05) is 13.0 Å². The number of esters is 1. The van der Waals surface area contributed by atoms with Crippen molar-refractivity contribution in [3.63, 3.8) is 0 Å². The van der Waals surface area contributed by atoms with Gasteiger partial charge in [0, 0.05) is 5.56 Å². The summed E-state index contributed by atoms with van der Waals surface area (Å²) in [5, 5.41) is -0.565. The Labute approximate surface area is 112 Å². The van der Waals surface area contributed by atoms with Gasteiger partial charge in [-0.25, -0.2) is 0 Å².